The monoisotopic (exact) mass is 467 g/mol. The minimum absolute atomic E-state index is 0.0267. The number of hydrogen-bond donors (Lipinski definition) is 1. The van der Waals surface area contributed by atoms with Crippen molar-refractivity contribution in [3.63, 3.8) is 0 Å². The second-order valence-corrected chi connectivity index (χ2v) is 9.82. The zero-order chi connectivity index (χ0) is 23.5. The molecule has 2 aromatic carbocycles. The third-order valence-electron chi connectivity index (χ3n) is 6.58. The number of nitrogens with one attached hydrogen (secondary N) is 1. The molecule has 172 valence electrons. The molecule has 4 aromatic rings. The highest BCUT2D eigenvalue weighted by Crippen LogP contribution is 2.40. The van der Waals surface area contributed by atoms with Crippen LogP contribution in [0.4, 0.5) is 5.00 Å². The van der Waals surface area contributed by atoms with E-state index in [1.165, 1.54) is 27.8 Å². The smallest absolute Gasteiger partial charge is 0.254 e. The summed E-state index contributed by atoms with van der Waals surface area (Å²) in [4.78, 5) is 19.6. The van der Waals surface area contributed by atoms with Crippen LogP contribution < -0.4 is 5.32 Å². The first-order valence-corrected chi connectivity index (χ1v) is 12.7. The quantitative estimate of drug-likeness (QED) is 0.237. The number of carbonyl (C=O) groups is 1. The normalized spacial score (nSPS) is 13.3. The molecular formula is C29H29N3OS. The average Bonchev–Trinajstić information content (AvgIpc) is 3.37. The molecule has 2 aromatic heterocycles. The summed E-state index contributed by atoms with van der Waals surface area (Å²) < 4.78 is 2.26. The predicted molar refractivity (Wildman–Crippen MR) is 143 cm³/mol. The molecule has 1 aliphatic carbocycles. The molecule has 2 heterocycles. The number of fused-ring (bicyclic) bond motifs is 2. The fourth-order valence-corrected chi connectivity index (χ4v) is 6.08. The predicted octanol–water partition coefficient (Wildman–Crippen LogP) is 6.76. The summed E-state index contributed by atoms with van der Waals surface area (Å²) in [7, 11) is 0. The van der Waals surface area contributed by atoms with Crippen LogP contribution in [0.5, 0.6) is 0 Å². The number of allylic oxidation sites excluding steroid dienone is 1. The molecule has 1 N–H and O–H groups in total. The van der Waals surface area contributed by atoms with Gasteiger partial charge in [-0.2, -0.15) is 0 Å². The van der Waals surface area contributed by atoms with E-state index in [-0.39, 0.29) is 5.91 Å². The van der Waals surface area contributed by atoms with Crippen LogP contribution >= 0.6 is 11.3 Å². The standard InChI is InChI=1S/C29H29N3OS/c1-3-17-32-20(2)24(22-13-7-9-15-25(22)32)19-31-29-27(23-14-8-10-16-26(23)34-29)28(33)30-18-21-11-5-4-6-12-21/h3-7,9,11-13,15,19H,1,8,10,14,16-18H2,2H3,(H,30,33). The summed E-state index contributed by atoms with van der Waals surface area (Å²) in [5.74, 6) is -0.0267. The molecule has 0 fully saturated rings. The zero-order valence-electron chi connectivity index (χ0n) is 19.5. The summed E-state index contributed by atoms with van der Waals surface area (Å²) in [5, 5.41) is 5.12. The van der Waals surface area contributed by atoms with Crippen LogP contribution in [0.15, 0.2) is 72.2 Å². The van der Waals surface area contributed by atoms with Crippen molar-refractivity contribution in [1.29, 1.82) is 0 Å². The largest absolute Gasteiger partial charge is 0.348 e. The van der Waals surface area contributed by atoms with Crippen molar-refractivity contribution in [3.05, 3.63) is 100 Å². The second-order valence-electron chi connectivity index (χ2n) is 8.73. The summed E-state index contributed by atoms with van der Waals surface area (Å²) >= 11 is 1.68. The second kappa shape index (κ2) is 9.82. The van der Waals surface area contributed by atoms with Gasteiger partial charge < -0.3 is 9.88 Å². The number of carbonyl (C=O) groups excluding carboxylic acids is 1. The van der Waals surface area contributed by atoms with E-state index in [9.17, 15) is 4.79 Å². The van der Waals surface area contributed by atoms with Crippen LogP contribution in [-0.4, -0.2) is 16.7 Å². The highest BCUT2D eigenvalue weighted by atomic mass is 32.1. The summed E-state index contributed by atoms with van der Waals surface area (Å²) in [5.41, 5.74) is 6.48. The summed E-state index contributed by atoms with van der Waals surface area (Å²) in [6.07, 6.45) is 8.15. The molecular weight excluding hydrogens is 438 g/mol. The number of benzene rings is 2. The van der Waals surface area contributed by atoms with Gasteiger partial charge in [-0.25, -0.2) is 4.99 Å². The molecule has 5 heteroatoms. The Morgan fingerprint density at radius 3 is 2.71 bits per heavy atom. The molecule has 0 spiro atoms. The first kappa shape index (κ1) is 22.4. The van der Waals surface area contributed by atoms with Gasteiger partial charge in [-0.3, -0.25) is 4.79 Å². The lowest BCUT2D eigenvalue weighted by molar-refractivity contribution is 0.0951. The van der Waals surface area contributed by atoms with E-state index in [2.05, 4.69) is 47.7 Å². The molecule has 1 aliphatic rings. The van der Waals surface area contributed by atoms with E-state index in [1.807, 2.05) is 42.6 Å². The summed E-state index contributed by atoms with van der Waals surface area (Å²) in [6.45, 7) is 7.31. The van der Waals surface area contributed by atoms with Crippen LogP contribution in [0.1, 0.15) is 50.5 Å². The molecule has 0 radical (unpaired) electrons. The highest BCUT2D eigenvalue weighted by Gasteiger charge is 2.25. The first-order valence-electron chi connectivity index (χ1n) is 11.9. The van der Waals surface area contributed by atoms with E-state index in [0.717, 1.165) is 53.2 Å². The lowest BCUT2D eigenvalue weighted by Crippen LogP contribution is -2.24. The number of thiophene rings is 1. The molecule has 1 amide bonds. The van der Waals surface area contributed by atoms with Gasteiger partial charge in [0.2, 0.25) is 0 Å². The maximum Gasteiger partial charge on any atom is 0.254 e. The van der Waals surface area contributed by atoms with Gasteiger partial charge in [0.25, 0.3) is 5.91 Å². The fourth-order valence-electron chi connectivity index (χ4n) is 4.85. The third kappa shape index (κ3) is 4.24. The molecule has 0 saturated carbocycles. The van der Waals surface area contributed by atoms with Crippen LogP contribution in [0.3, 0.4) is 0 Å². The Labute approximate surface area is 204 Å². The number of aliphatic imine (C=N–C) groups is 1. The van der Waals surface area contributed by atoms with Crippen LogP contribution in [0, 0.1) is 6.92 Å². The Kier molecular flexibility index (Phi) is 6.45. The third-order valence-corrected chi connectivity index (χ3v) is 7.78. The molecule has 34 heavy (non-hydrogen) atoms. The van der Waals surface area contributed by atoms with Gasteiger partial charge in [0.05, 0.1) is 5.56 Å². The molecule has 4 nitrogen and oxygen atoms in total. The molecule has 5 rings (SSSR count). The van der Waals surface area contributed by atoms with Crippen molar-refractivity contribution >= 4 is 39.4 Å². The number of nitrogens with zero attached hydrogens (tertiary/aromatic N) is 2. The Morgan fingerprint density at radius 2 is 1.88 bits per heavy atom. The first-order chi connectivity index (χ1) is 16.7. The summed E-state index contributed by atoms with van der Waals surface area (Å²) in [6, 6.07) is 18.4. The van der Waals surface area contributed by atoms with Crippen LogP contribution in [0.25, 0.3) is 10.9 Å². The van der Waals surface area contributed by atoms with Crippen molar-refractivity contribution in [2.24, 2.45) is 4.99 Å². The SMILES string of the molecule is C=CCn1c(C)c(C=Nc2sc3c(c2C(=O)NCc2ccccc2)CCCC3)c2ccccc21. The Morgan fingerprint density at radius 1 is 1.12 bits per heavy atom. The number of rotatable bonds is 7. The number of hydrogen-bond acceptors (Lipinski definition) is 3. The highest BCUT2D eigenvalue weighted by molar-refractivity contribution is 7.16. The van der Waals surface area contributed by atoms with Crippen molar-refractivity contribution in [1.82, 2.24) is 9.88 Å². The number of amides is 1. The van der Waals surface area contributed by atoms with Crippen molar-refractivity contribution < 1.29 is 4.79 Å². The molecule has 0 unspecified atom stereocenters. The van der Waals surface area contributed by atoms with Crippen molar-refractivity contribution in [2.75, 3.05) is 0 Å². The Hall–Kier alpha value is -3.44. The van der Waals surface area contributed by atoms with Gasteiger partial charge in [0, 0.05) is 46.3 Å². The van der Waals surface area contributed by atoms with E-state index < -0.39 is 0 Å². The van der Waals surface area contributed by atoms with E-state index in [0.29, 0.717) is 6.54 Å². The van der Waals surface area contributed by atoms with Crippen LogP contribution in [-0.2, 0) is 25.9 Å². The maximum absolute atomic E-state index is 13.4. The van der Waals surface area contributed by atoms with Gasteiger partial charge in [-0.15, -0.1) is 17.9 Å². The van der Waals surface area contributed by atoms with E-state index in [1.54, 1.807) is 11.3 Å². The minimum atomic E-state index is -0.0267. The van der Waals surface area contributed by atoms with Crippen molar-refractivity contribution in [2.45, 2.75) is 45.7 Å². The van der Waals surface area contributed by atoms with Gasteiger partial charge in [0.15, 0.2) is 0 Å². The Bertz CT molecular complexity index is 1380. The van der Waals surface area contributed by atoms with Gasteiger partial charge in [0.1, 0.15) is 5.00 Å². The topological polar surface area (TPSA) is 46.4 Å². The zero-order valence-corrected chi connectivity index (χ0v) is 20.3. The molecule has 0 aliphatic heterocycles. The Balaban J connectivity index is 1.51. The van der Waals surface area contributed by atoms with Gasteiger partial charge in [-0.05, 0) is 49.8 Å². The average molecular weight is 468 g/mol. The lowest BCUT2D eigenvalue weighted by Gasteiger charge is -2.12. The lowest BCUT2D eigenvalue weighted by atomic mass is 9.95. The van der Waals surface area contributed by atoms with E-state index >= 15 is 0 Å². The number of aryl methyl sites for hydroxylation is 1. The number of aromatic nitrogens is 1. The van der Waals surface area contributed by atoms with Gasteiger partial charge in [-0.1, -0.05) is 54.6 Å². The van der Waals surface area contributed by atoms with Gasteiger partial charge >= 0.3 is 0 Å². The molecule has 0 atom stereocenters. The molecule has 0 saturated heterocycles. The fraction of sp³-hybridized carbons (Fsp3) is 0.241. The number of para-hydroxylation sites is 1. The maximum atomic E-state index is 13.4. The minimum Gasteiger partial charge on any atom is -0.348 e. The van der Waals surface area contributed by atoms with Crippen LogP contribution in [0.2, 0.25) is 0 Å². The molecule has 0 bridgehead atoms. The van der Waals surface area contributed by atoms with E-state index in [4.69, 9.17) is 4.99 Å². The van der Waals surface area contributed by atoms with Crippen molar-refractivity contribution in [3.8, 4) is 0 Å².